The minimum absolute atomic E-state index is 0.148. The molecule has 3 aromatic rings. The predicted octanol–water partition coefficient (Wildman–Crippen LogP) is 1.31. The van der Waals surface area contributed by atoms with Gasteiger partial charge < -0.3 is 15.0 Å². The molecule has 1 aliphatic rings. The number of rotatable bonds is 5. The van der Waals surface area contributed by atoms with Gasteiger partial charge in [-0.25, -0.2) is 18.2 Å². The van der Waals surface area contributed by atoms with Crippen molar-refractivity contribution in [1.82, 2.24) is 28.3 Å². The number of fused-ring (bicyclic) bond motifs is 1. The van der Waals surface area contributed by atoms with Gasteiger partial charge in [0.2, 0.25) is 15.9 Å². The van der Waals surface area contributed by atoms with Crippen LogP contribution in [0.5, 0.6) is 5.88 Å². The number of amides is 2. The number of methoxy groups -OCH3 is 1. The van der Waals surface area contributed by atoms with Crippen molar-refractivity contribution in [2.24, 2.45) is 0 Å². The Labute approximate surface area is 177 Å². The number of ether oxygens (including phenoxy) is 1. The number of hydrogen-bond donors (Lipinski definition) is 1. The van der Waals surface area contributed by atoms with E-state index in [1.807, 2.05) is 6.07 Å². The van der Waals surface area contributed by atoms with E-state index in [4.69, 9.17) is 4.74 Å². The lowest BCUT2D eigenvalue weighted by Crippen LogP contribution is -2.53. The third-order valence-corrected chi connectivity index (χ3v) is 7.34. The number of pyridine rings is 1. The zero-order chi connectivity index (χ0) is 21.1. The van der Waals surface area contributed by atoms with Gasteiger partial charge in [-0.3, -0.25) is 0 Å². The molecule has 1 N–H and O–H groups in total. The molecule has 1 aromatic carbocycles. The highest BCUT2D eigenvalue weighted by Gasteiger charge is 2.32. The van der Waals surface area contributed by atoms with Crippen LogP contribution in [0.1, 0.15) is 5.56 Å². The SMILES string of the molecule is COc1ncccc1CNC(=O)N1CCN(S(=O)(=O)c2cccc3nsnc23)CC1. The Kier molecular flexibility index (Phi) is 5.79. The molecule has 2 amide bonds. The second-order valence-electron chi connectivity index (χ2n) is 6.61. The summed E-state index contributed by atoms with van der Waals surface area (Å²) in [6.45, 7) is 1.27. The van der Waals surface area contributed by atoms with Crippen LogP contribution >= 0.6 is 11.7 Å². The van der Waals surface area contributed by atoms with Crippen molar-refractivity contribution in [3.05, 3.63) is 42.1 Å². The maximum Gasteiger partial charge on any atom is 0.317 e. The number of sulfonamides is 1. The zero-order valence-electron chi connectivity index (χ0n) is 16.2. The first kappa shape index (κ1) is 20.4. The van der Waals surface area contributed by atoms with Gasteiger partial charge in [0.15, 0.2) is 0 Å². The number of aromatic nitrogens is 3. The summed E-state index contributed by atoms with van der Waals surface area (Å²) < 4.78 is 41.0. The maximum absolute atomic E-state index is 13.1. The summed E-state index contributed by atoms with van der Waals surface area (Å²) >= 11 is 0.983. The number of carbonyl (C=O) groups excluding carboxylic acids is 1. The van der Waals surface area contributed by atoms with Crippen molar-refractivity contribution in [3.8, 4) is 5.88 Å². The van der Waals surface area contributed by atoms with Gasteiger partial charge in [0, 0.05) is 44.5 Å². The Morgan fingerprint density at radius 2 is 1.97 bits per heavy atom. The molecule has 0 aliphatic carbocycles. The minimum Gasteiger partial charge on any atom is -0.481 e. The Hall–Kier alpha value is -2.83. The lowest BCUT2D eigenvalue weighted by atomic mass is 10.2. The second-order valence-corrected chi connectivity index (χ2v) is 9.04. The van der Waals surface area contributed by atoms with Crippen LogP contribution in [0.3, 0.4) is 0 Å². The molecule has 0 bridgehead atoms. The van der Waals surface area contributed by atoms with Gasteiger partial charge in [-0.2, -0.15) is 13.1 Å². The number of hydrogen-bond acceptors (Lipinski definition) is 8. The van der Waals surface area contributed by atoms with Crippen LogP contribution in [-0.4, -0.2) is 70.7 Å². The maximum atomic E-state index is 13.1. The fraction of sp³-hybridized carbons (Fsp3) is 0.333. The molecule has 10 nitrogen and oxygen atoms in total. The fourth-order valence-corrected chi connectivity index (χ4v) is 5.46. The van der Waals surface area contributed by atoms with E-state index in [9.17, 15) is 13.2 Å². The number of benzene rings is 1. The smallest absolute Gasteiger partial charge is 0.317 e. The van der Waals surface area contributed by atoms with Crippen LogP contribution in [0.15, 0.2) is 41.4 Å². The van der Waals surface area contributed by atoms with E-state index < -0.39 is 10.0 Å². The first-order valence-corrected chi connectivity index (χ1v) is 11.4. The molecule has 1 saturated heterocycles. The molecule has 4 rings (SSSR count). The lowest BCUT2D eigenvalue weighted by Gasteiger charge is -2.34. The van der Waals surface area contributed by atoms with E-state index in [0.717, 1.165) is 17.3 Å². The van der Waals surface area contributed by atoms with Crippen molar-refractivity contribution in [2.45, 2.75) is 11.4 Å². The van der Waals surface area contributed by atoms with Gasteiger partial charge in [0.25, 0.3) is 0 Å². The molecule has 3 heterocycles. The fourth-order valence-electron chi connectivity index (χ4n) is 3.29. The van der Waals surface area contributed by atoms with Gasteiger partial charge >= 0.3 is 6.03 Å². The highest BCUT2D eigenvalue weighted by Crippen LogP contribution is 2.25. The Bertz CT molecular complexity index is 1160. The van der Waals surface area contributed by atoms with Crippen LogP contribution in [0, 0.1) is 0 Å². The summed E-state index contributed by atoms with van der Waals surface area (Å²) in [7, 11) is -2.19. The highest BCUT2D eigenvalue weighted by atomic mass is 32.2. The molecule has 1 aliphatic heterocycles. The zero-order valence-corrected chi connectivity index (χ0v) is 17.8. The van der Waals surface area contributed by atoms with Crippen LogP contribution in [0.4, 0.5) is 4.79 Å². The number of nitrogens with zero attached hydrogens (tertiary/aromatic N) is 5. The third kappa shape index (κ3) is 3.93. The number of nitrogens with one attached hydrogen (secondary N) is 1. The Morgan fingerprint density at radius 3 is 2.73 bits per heavy atom. The molecule has 0 unspecified atom stereocenters. The average molecular weight is 449 g/mol. The Morgan fingerprint density at radius 1 is 1.17 bits per heavy atom. The normalized spacial score (nSPS) is 15.3. The summed E-state index contributed by atoms with van der Waals surface area (Å²) in [5.41, 5.74) is 1.71. The van der Waals surface area contributed by atoms with Gasteiger partial charge in [-0.1, -0.05) is 12.1 Å². The quantitative estimate of drug-likeness (QED) is 0.625. The van der Waals surface area contributed by atoms with Crippen molar-refractivity contribution in [1.29, 1.82) is 0 Å². The number of urea groups is 1. The van der Waals surface area contributed by atoms with Crippen molar-refractivity contribution < 1.29 is 17.9 Å². The van der Waals surface area contributed by atoms with E-state index in [1.165, 1.54) is 11.4 Å². The van der Waals surface area contributed by atoms with Crippen LogP contribution in [0.25, 0.3) is 11.0 Å². The molecule has 1 fully saturated rings. The summed E-state index contributed by atoms with van der Waals surface area (Å²) in [6.07, 6.45) is 1.62. The summed E-state index contributed by atoms with van der Waals surface area (Å²) in [6, 6.07) is 8.27. The first-order valence-electron chi connectivity index (χ1n) is 9.23. The van der Waals surface area contributed by atoms with Crippen LogP contribution < -0.4 is 10.1 Å². The van der Waals surface area contributed by atoms with E-state index in [1.54, 1.807) is 35.4 Å². The second kappa shape index (κ2) is 8.50. The third-order valence-electron chi connectivity index (χ3n) is 4.87. The topological polar surface area (TPSA) is 118 Å². The first-order chi connectivity index (χ1) is 14.5. The molecule has 12 heteroatoms. The Balaban J connectivity index is 1.38. The van der Waals surface area contributed by atoms with E-state index in [-0.39, 0.29) is 30.6 Å². The monoisotopic (exact) mass is 448 g/mol. The molecular weight excluding hydrogens is 428 g/mol. The number of piperazine rings is 1. The van der Waals surface area contributed by atoms with Crippen molar-refractivity contribution in [3.63, 3.8) is 0 Å². The van der Waals surface area contributed by atoms with Gasteiger partial charge in [0.1, 0.15) is 15.9 Å². The van der Waals surface area contributed by atoms with Crippen molar-refractivity contribution >= 4 is 38.8 Å². The molecular formula is C18H20N6O4S2. The van der Waals surface area contributed by atoms with Gasteiger partial charge in [0.05, 0.1) is 18.8 Å². The highest BCUT2D eigenvalue weighted by molar-refractivity contribution is 7.89. The van der Waals surface area contributed by atoms with Gasteiger partial charge in [-0.05, 0) is 18.2 Å². The number of carbonyl (C=O) groups is 1. The van der Waals surface area contributed by atoms with Crippen LogP contribution in [0.2, 0.25) is 0 Å². The van der Waals surface area contributed by atoms with E-state index >= 15 is 0 Å². The minimum atomic E-state index is -3.72. The lowest BCUT2D eigenvalue weighted by molar-refractivity contribution is 0.172. The molecule has 0 atom stereocenters. The average Bonchev–Trinajstić information content (AvgIpc) is 3.26. The molecule has 0 spiro atoms. The predicted molar refractivity (Wildman–Crippen MR) is 111 cm³/mol. The standard InChI is InChI=1S/C18H20N6O4S2/c1-28-17-13(4-3-7-19-17)12-20-18(25)23-8-10-24(11-9-23)30(26,27)15-6-2-5-14-16(15)22-29-21-14/h2-7H,8-12H2,1H3,(H,20,25). The molecule has 30 heavy (non-hydrogen) atoms. The van der Waals surface area contributed by atoms with Crippen molar-refractivity contribution in [2.75, 3.05) is 33.3 Å². The summed E-state index contributed by atoms with van der Waals surface area (Å²) in [5.74, 6) is 0.458. The molecule has 0 saturated carbocycles. The molecule has 158 valence electrons. The summed E-state index contributed by atoms with van der Waals surface area (Å²) in [4.78, 5) is 18.4. The largest absolute Gasteiger partial charge is 0.481 e. The van der Waals surface area contributed by atoms with Crippen LogP contribution in [-0.2, 0) is 16.6 Å². The van der Waals surface area contributed by atoms with E-state index in [0.29, 0.717) is 30.0 Å². The molecule has 2 aromatic heterocycles. The van der Waals surface area contributed by atoms with E-state index in [2.05, 4.69) is 19.0 Å². The summed E-state index contributed by atoms with van der Waals surface area (Å²) in [5, 5.41) is 2.83. The van der Waals surface area contributed by atoms with Gasteiger partial charge in [-0.15, -0.1) is 0 Å². The molecule has 0 radical (unpaired) electrons.